The smallest absolute Gasteiger partial charge is 0.118 e. The quantitative estimate of drug-likeness (QED) is 0.744. The molecule has 0 fully saturated rings. The van der Waals surface area contributed by atoms with E-state index in [1.807, 2.05) is 24.3 Å². The van der Waals surface area contributed by atoms with Crippen LogP contribution in [-0.2, 0) is 11.3 Å². The van der Waals surface area contributed by atoms with Crippen LogP contribution in [0.3, 0.4) is 0 Å². The molecule has 90 valence electrons. The summed E-state index contributed by atoms with van der Waals surface area (Å²) in [4.78, 5) is 0. The van der Waals surface area contributed by atoms with E-state index in [4.69, 9.17) is 9.47 Å². The zero-order chi connectivity index (χ0) is 12.0. The van der Waals surface area contributed by atoms with Gasteiger partial charge in [-0.1, -0.05) is 41.9 Å². The summed E-state index contributed by atoms with van der Waals surface area (Å²) in [5.41, 5.74) is 1.36. The molecule has 1 aromatic carbocycles. The summed E-state index contributed by atoms with van der Waals surface area (Å²) in [6, 6.07) is 7.96. The highest BCUT2D eigenvalue weighted by Crippen LogP contribution is 2.19. The largest absolute Gasteiger partial charge is 0.497 e. The van der Waals surface area contributed by atoms with Crippen molar-refractivity contribution in [1.82, 2.24) is 0 Å². The normalized spacial score (nSPS) is 11.5. The number of benzene rings is 1. The highest BCUT2D eigenvalue weighted by Gasteiger charge is 2.15. The Labute approximate surface area is 106 Å². The number of alkyl halides is 1. The van der Waals surface area contributed by atoms with E-state index >= 15 is 0 Å². The number of hydrogen-bond acceptors (Lipinski definition) is 2. The average molecular weight is 287 g/mol. The fourth-order valence-electron chi connectivity index (χ4n) is 1.21. The second-order valence-electron chi connectivity index (χ2n) is 4.64. The first kappa shape index (κ1) is 13.5. The van der Waals surface area contributed by atoms with Gasteiger partial charge in [-0.25, -0.2) is 0 Å². The number of ether oxygens (including phenoxy) is 2. The minimum atomic E-state index is 0.187. The number of hydrogen-bond donors (Lipinski definition) is 0. The molecule has 0 unspecified atom stereocenters. The van der Waals surface area contributed by atoms with Crippen molar-refractivity contribution in [3.63, 3.8) is 0 Å². The van der Waals surface area contributed by atoms with Crippen molar-refractivity contribution in [3.8, 4) is 5.75 Å². The van der Waals surface area contributed by atoms with Crippen LogP contribution in [0.5, 0.6) is 5.75 Å². The van der Waals surface area contributed by atoms with Crippen LogP contribution in [-0.4, -0.2) is 19.0 Å². The molecule has 1 rings (SSSR count). The molecule has 0 atom stereocenters. The van der Waals surface area contributed by atoms with Crippen LogP contribution in [0.2, 0.25) is 0 Å². The molecule has 0 aromatic heterocycles. The maximum atomic E-state index is 5.68. The van der Waals surface area contributed by atoms with E-state index < -0.39 is 0 Å². The number of halogens is 1. The summed E-state index contributed by atoms with van der Waals surface area (Å²) in [6.45, 7) is 5.76. The first-order chi connectivity index (χ1) is 7.57. The molecule has 16 heavy (non-hydrogen) atoms. The van der Waals surface area contributed by atoms with Crippen LogP contribution in [0, 0.1) is 5.41 Å². The third-order valence-electron chi connectivity index (χ3n) is 2.28. The van der Waals surface area contributed by atoms with E-state index in [-0.39, 0.29) is 5.41 Å². The van der Waals surface area contributed by atoms with Crippen LogP contribution < -0.4 is 4.74 Å². The predicted octanol–water partition coefficient (Wildman–Crippen LogP) is 3.63. The summed E-state index contributed by atoms with van der Waals surface area (Å²) in [6.07, 6.45) is 0. The molecule has 0 aliphatic rings. The van der Waals surface area contributed by atoms with Crippen molar-refractivity contribution in [2.75, 3.05) is 19.0 Å². The van der Waals surface area contributed by atoms with E-state index in [2.05, 4.69) is 29.8 Å². The van der Waals surface area contributed by atoms with Crippen molar-refractivity contribution in [3.05, 3.63) is 29.8 Å². The van der Waals surface area contributed by atoms with Gasteiger partial charge < -0.3 is 9.47 Å². The molecule has 0 bridgehead atoms. The Hall–Kier alpha value is -0.540. The molecule has 2 nitrogen and oxygen atoms in total. The average Bonchev–Trinajstić information content (AvgIpc) is 2.30. The number of rotatable bonds is 6. The minimum Gasteiger partial charge on any atom is -0.497 e. The van der Waals surface area contributed by atoms with Crippen molar-refractivity contribution >= 4 is 15.9 Å². The van der Waals surface area contributed by atoms with Crippen LogP contribution in [0.15, 0.2) is 24.3 Å². The van der Waals surface area contributed by atoms with Gasteiger partial charge in [-0.2, -0.15) is 0 Å². The molecular formula is C13H19BrO2. The van der Waals surface area contributed by atoms with E-state index in [9.17, 15) is 0 Å². The lowest BCUT2D eigenvalue weighted by Gasteiger charge is -2.21. The van der Waals surface area contributed by atoms with Crippen molar-refractivity contribution in [2.24, 2.45) is 5.41 Å². The highest BCUT2D eigenvalue weighted by atomic mass is 79.9. The van der Waals surface area contributed by atoms with Crippen LogP contribution in [0.4, 0.5) is 0 Å². The van der Waals surface area contributed by atoms with Crippen molar-refractivity contribution in [1.29, 1.82) is 0 Å². The first-order valence-electron chi connectivity index (χ1n) is 5.34. The van der Waals surface area contributed by atoms with Gasteiger partial charge in [0.15, 0.2) is 0 Å². The summed E-state index contributed by atoms with van der Waals surface area (Å²) in [5.74, 6) is 0.879. The van der Waals surface area contributed by atoms with E-state index in [0.717, 1.165) is 17.7 Å². The van der Waals surface area contributed by atoms with Gasteiger partial charge in [0.25, 0.3) is 0 Å². The second-order valence-corrected chi connectivity index (χ2v) is 5.20. The Morgan fingerprint density at radius 2 is 1.81 bits per heavy atom. The Morgan fingerprint density at radius 3 is 2.31 bits per heavy atom. The molecule has 0 N–H and O–H groups in total. The molecule has 3 heteroatoms. The molecule has 0 aliphatic heterocycles. The summed E-state index contributed by atoms with van der Waals surface area (Å²) >= 11 is 3.48. The molecule has 0 saturated carbocycles. The topological polar surface area (TPSA) is 18.5 Å². The Kier molecular flexibility index (Phi) is 5.29. The van der Waals surface area contributed by atoms with Crippen LogP contribution >= 0.6 is 15.9 Å². The summed E-state index contributed by atoms with van der Waals surface area (Å²) < 4.78 is 10.8. The molecule has 0 heterocycles. The van der Waals surface area contributed by atoms with Gasteiger partial charge in [0.1, 0.15) is 5.75 Å². The van der Waals surface area contributed by atoms with Crippen molar-refractivity contribution < 1.29 is 9.47 Å². The Balaban J connectivity index is 2.37. The van der Waals surface area contributed by atoms with Crippen LogP contribution in [0.1, 0.15) is 19.4 Å². The maximum Gasteiger partial charge on any atom is 0.118 e. The zero-order valence-corrected chi connectivity index (χ0v) is 11.7. The van der Waals surface area contributed by atoms with Crippen molar-refractivity contribution in [2.45, 2.75) is 20.5 Å². The van der Waals surface area contributed by atoms with Gasteiger partial charge in [0, 0.05) is 5.33 Å². The van der Waals surface area contributed by atoms with Gasteiger partial charge in [-0.3, -0.25) is 0 Å². The maximum absolute atomic E-state index is 5.68. The number of methoxy groups -OCH3 is 1. The molecule has 1 aromatic rings. The molecule has 0 amide bonds. The van der Waals surface area contributed by atoms with Gasteiger partial charge in [0.05, 0.1) is 20.3 Å². The predicted molar refractivity (Wildman–Crippen MR) is 70.2 cm³/mol. The summed E-state index contributed by atoms with van der Waals surface area (Å²) in [5, 5.41) is 0.947. The van der Waals surface area contributed by atoms with Gasteiger partial charge in [0.2, 0.25) is 0 Å². The lowest BCUT2D eigenvalue weighted by Crippen LogP contribution is -2.20. The van der Waals surface area contributed by atoms with Crippen LogP contribution in [0.25, 0.3) is 0 Å². The molecular weight excluding hydrogens is 268 g/mol. The summed E-state index contributed by atoms with van der Waals surface area (Å²) in [7, 11) is 1.67. The zero-order valence-electron chi connectivity index (χ0n) is 10.1. The molecule has 0 radical (unpaired) electrons. The highest BCUT2D eigenvalue weighted by molar-refractivity contribution is 9.09. The van der Waals surface area contributed by atoms with E-state index in [1.165, 1.54) is 5.56 Å². The fourth-order valence-corrected chi connectivity index (χ4v) is 1.37. The second kappa shape index (κ2) is 6.26. The van der Waals surface area contributed by atoms with Gasteiger partial charge in [-0.15, -0.1) is 0 Å². The van der Waals surface area contributed by atoms with Gasteiger partial charge >= 0.3 is 0 Å². The monoisotopic (exact) mass is 286 g/mol. The standard InChI is InChI=1S/C13H19BrO2/c1-13(2,9-14)10-16-8-11-4-6-12(15-3)7-5-11/h4-7H,8-10H2,1-3H3. The minimum absolute atomic E-state index is 0.187. The lowest BCUT2D eigenvalue weighted by molar-refractivity contribution is 0.0624. The fraction of sp³-hybridized carbons (Fsp3) is 0.538. The third kappa shape index (κ3) is 4.54. The molecule has 0 saturated heterocycles. The Morgan fingerprint density at radius 1 is 1.19 bits per heavy atom. The van der Waals surface area contributed by atoms with E-state index in [1.54, 1.807) is 7.11 Å². The molecule has 0 aliphatic carbocycles. The first-order valence-corrected chi connectivity index (χ1v) is 6.46. The van der Waals surface area contributed by atoms with Gasteiger partial charge in [-0.05, 0) is 23.1 Å². The third-order valence-corrected chi connectivity index (χ3v) is 3.80. The Bertz CT molecular complexity index is 306. The van der Waals surface area contributed by atoms with E-state index in [0.29, 0.717) is 6.61 Å². The SMILES string of the molecule is COc1ccc(COCC(C)(C)CBr)cc1. The molecule has 0 spiro atoms. The lowest BCUT2D eigenvalue weighted by atomic mass is 9.98.